The zero-order valence-corrected chi connectivity index (χ0v) is 11.4. The summed E-state index contributed by atoms with van der Waals surface area (Å²) >= 11 is -1.46. The average Bonchev–Trinajstić information content (AvgIpc) is 2.10. The maximum Gasteiger partial charge on any atom is 0.264 e. The lowest BCUT2D eigenvalue weighted by molar-refractivity contribution is -0.00888. The minimum absolute atomic E-state index is 0.136. The van der Waals surface area contributed by atoms with Gasteiger partial charge in [0, 0.05) is 11.7 Å². The zero-order chi connectivity index (χ0) is 13.0. The monoisotopic (exact) mass is 274 g/mol. The van der Waals surface area contributed by atoms with Crippen LogP contribution in [0.2, 0.25) is 0 Å². The molecule has 0 amide bonds. The molecule has 0 aromatic heterocycles. The molecule has 0 heterocycles. The van der Waals surface area contributed by atoms with Crippen molar-refractivity contribution in [2.45, 2.75) is 20.0 Å². The Labute approximate surface area is 98.7 Å². The molecule has 1 N–H and O–H groups in total. The number of hydrogen-bond donors (Lipinski definition) is 1. The molecule has 0 aromatic rings. The molecule has 0 bridgehead atoms. The minimum atomic E-state index is -3.53. The highest BCUT2D eigenvalue weighted by molar-refractivity contribution is 7.86. The maximum atomic E-state index is 10.8. The van der Waals surface area contributed by atoms with Crippen LogP contribution in [0.3, 0.4) is 0 Å². The summed E-state index contributed by atoms with van der Waals surface area (Å²) in [6, 6.07) is 0. The Bertz CT molecular complexity index is 334. The topological polar surface area (TPSA) is 89.9 Å². The van der Waals surface area contributed by atoms with Gasteiger partial charge in [0.1, 0.15) is 0 Å². The number of aliphatic hydroxyl groups is 1. The Morgan fingerprint density at radius 2 is 1.94 bits per heavy atom. The molecular weight excluding hydrogens is 256 g/mol. The molecule has 98 valence electrons. The summed E-state index contributed by atoms with van der Waals surface area (Å²) in [5.41, 5.74) is -0.803. The number of rotatable bonds is 7. The van der Waals surface area contributed by atoms with Crippen LogP contribution >= 0.6 is 0 Å². The van der Waals surface area contributed by atoms with Crippen LogP contribution in [0.15, 0.2) is 0 Å². The van der Waals surface area contributed by atoms with Gasteiger partial charge in [0.2, 0.25) is 0 Å². The van der Waals surface area contributed by atoms with Crippen molar-refractivity contribution in [1.29, 1.82) is 0 Å². The summed E-state index contributed by atoms with van der Waals surface area (Å²) < 4.78 is 41.6. The van der Waals surface area contributed by atoms with E-state index in [0.29, 0.717) is 0 Å². The van der Waals surface area contributed by atoms with E-state index >= 15 is 0 Å². The van der Waals surface area contributed by atoms with E-state index in [1.165, 1.54) is 6.26 Å². The van der Waals surface area contributed by atoms with Crippen LogP contribution in [0.5, 0.6) is 0 Å². The van der Waals surface area contributed by atoms with E-state index in [4.69, 9.17) is 4.18 Å². The zero-order valence-electron chi connectivity index (χ0n) is 9.80. The molecule has 0 saturated heterocycles. The second-order valence-electron chi connectivity index (χ2n) is 4.16. The smallest absolute Gasteiger partial charge is 0.264 e. The largest absolute Gasteiger partial charge is 0.390 e. The first-order chi connectivity index (χ1) is 7.04. The molecule has 0 aliphatic rings. The van der Waals surface area contributed by atoms with Crippen LogP contribution in [0.25, 0.3) is 0 Å². The van der Waals surface area contributed by atoms with Crippen LogP contribution in [0.4, 0.5) is 0 Å². The molecule has 0 fully saturated rings. The van der Waals surface area contributed by atoms with Crippen LogP contribution in [0.1, 0.15) is 13.8 Å². The highest BCUT2D eigenvalue weighted by Gasteiger charge is 2.30. The lowest BCUT2D eigenvalue weighted by Crippen LogP contribution is -2.38. The van der Waals surface area contributed by atoms with Crippen molar-refractivity contribution in [3.63, 3.8) is 0 Å². The highest BCUT2D eigenvalue weighted by Crippen LogP contribution is 2.22. The molecule has 1 unspecified atom stereocenters. The third kappa shape index (κ3) is 7.29. The van der Waals surface area contributed by atoms with Crippen LogP contribution in [0, 0.1) is 5.41 Å². The van der Waals surface area contributed by atoms with Gasteiger partial charge in [-0.2, -0.15) is 8.42 Å². The van der Waals surface area contributed by atoms with Gasteiger partial charge in [-0.15, -0.1) is 0 Å². The molecule has 0 radical (unpaired) electrons. The summed E-state index contributed by atoms with van der Waals surface area (Å²) in [7, 11) is -3.53. The normalized spacial score (nSPS) is 17.1. The predicted octanol–water partition coefficient (Wildman–Crippen LogP) is -0.340. The first-order valence-corrected chi connectivity index (χ1v) is 7.84. The van der Waals surface area contributed by atoms with Gasteiger partial charge in [0.25, 0.3) is 10.1 Å². The molecule has 6 nitrogen and oxygen atoms in total. The van der Waals surface area contributed by atoms with Gasteiger partial charge < -0.3 is 5.11 Å². The van der Waals surface area contributed by atoms with E-state index in [-0.39, 0.29) is 13.2 Å². The second kappa shape index (κ2) is 6.06. The van der Waals surface area contributed by atoms with Crippen molar-refractivity contribution >= 4 is 21.2 Å². The third-order valence-corrected chi connectivity index (χ3v) is 2.95. The number of aliphatic hydroxyl groups excluding tert-OH is 1. The Morgan fingerprint density at radius 1 is 1.44 bits per heavy atom. The second-order valence-corrected chi connectivity index (χ2v) is 6.84. The predicted molar refractivity (Wildman–Crippen MR) is 60.6 cm³/mol. The van der Waals surface area contributed by atoms with Crippen LogP contribution in [-0.4, -0.2) is 49.6 Å². The molecule has 0 aliphatic carbocycles. The fourth-order valence-corrected chi connectivity index (χ4v) is 1.58. The highest BCUT2D eigenvalue weighted by atomic mass is 32.2. The third-order valence-electron chi connectivity index (χ3n) is 1.94. The van der Waals surface area contributed by atoms with Crippen LogP contribution in [-0.2, 0) is 29.6 Å². The van der Waals surface area contributed by atoms with Gasteiger partial charge in [0.05, 0.1) is 25.6 Å². The van der Waals surface area contributed by atoms with Gasteiger partial charge in [-0.3, -0.25) is 8.37 Å². The van der Waals surface area contributed by atoms with E-state index in [1.54, 1.807) is 13.8 Å². The fraction of sp³-hybridized carbons (Fsp3) is 1.00. The standard InChI is InChI=1S/C8H18O6S2/c1-8(2,6-14-16(4,11)12)7(9)5-13-15(3)10/h7,9H,5-6H2,1-4H3/t7-,15?/m1/s1. The van der Waals surface area contributed by atoms with Crippen molar-refractivity contribution in [2.75, 3.05) is 25.7 Å². The molecule has 0 spiro atoms. The molecule has 0 saturated carbocycles. The molecule has 0 rings (SSSR count). The van der Waals surface area contributed by atoms with E-state index in [1.807, 2.05) is 0 Å². The quantitative estimate of drug-likeness (QED) is 0.639. The summed E-state index contributed by atoms with van der Waals surface area (Å²) in [6.45, 7) is 2.96. The number of hydrogen-bond acceptors (Lipinski definition) is 6. The van der Waals surface area contributed by atoms with Gasteiger partial charge in [-0.05, 0) is 0 Å². The van der Waals surface area contributed by atoms with Gasteiger partial charge in [0.15, 0.2) is 11.1 Å². The van der Waals surface area contributed by atoms with E-state index in [0.717, 1.165) is 6.26 Å². The van der Waals surface area contributed by atoms with Crippen LogP contribution < -0.4 is 0 Å². The van der Waals surface area contributed by atoms with Gasteiger partial charge in [-0.25, -0.2) is 4.21 Å². The lowest BCUT2D eigenvalue weighted by Gasteiger charge is -2.28. The summed E-state index contributed by atoms with van der Waals surface area (Å²) in [5.74, 6) is 0. The summed E-state index contributed by atoms with van der Waals surface area (Å²) in [4.78, 5) is 0. The van der Waals surface area contributed by atoms with Crippen molar-refractivity contribution < 1.29 is 26.1 Å². The van der Waals surface area contributed by atoms with Crippen molar-refractivity contribution in [2.24, 2.45) is 5.41 Å². The Kier molecular flexibility index (Phi) is 6.05. The molecule has 0 aliphatic heterocycles. The summed E-state index contributed by atoms with van der Waals surface area (Å²) in [6.07, 6.45) is 1.32. The lowest BCUT2D eigenvalue weighted by atomic mass is 9.88. The molecule has 16 heavy (non-hydrogen) atoms. The average molecular weight is 274 g/mol. The molecular formula is C8H18O6S2. The van der Waals surface area contributed by atoms with Crippen molar-refractivity contribution in [3.05, 3.63) is 0 Å². The van der Waals surface area contributed by atoms with E-state index < -0.39 is 32.7 Å². The van der Waals surface area contributed by atoms with Crippen molar-refractivity contribution in [1.82, 2.24) is 0 Å². The Morgan fingerprint density at radius 3 is 2.31 bits per heavy atom. The van der Waals surface area contributed by atoms with E-state index in [2.05, 4.69) is 4.18 Å². The SMILES string of the molecule is CS(=O)OC[C@@H](O)C(C)(C)COS(C)(=O)=O. The maximum absolute atomic E-state index is 10.8. The van der Waals surface area contributed by atoms with Gasteiger partial charge >= 0.3 is 0 Å². The summed E-state index contributed by atoms with van der Waals surface area (Å²) in [5, 5.41) is 9.69. The first kappa shape index (κ1) is 16.0. The molecule has 2 atom stereocenters. The van der Waals surface area contributed by atoms with Gasteiger partial charge in [-0.1, -0.05) is 13.8 Å². The van der Waals surface area contributed by atoms with E-state index in [9.17, 15) is 17.7 Å². The first-order valence-electron chi connectivity index (χ1n) is 4.54. The fourth-order valence-electron chi connectivity index (χ4n) is 0.741. The van der Waals surface area contributed by atoms with Crippen molar-refractivity contribution in [3.8, 4) is 0 Å². The Hall–Kier alpha value is -0.0200. The Balaban J connectivity index is 4.25. The molecule has 0 aromatic carbocycles. The minimum Gasteiger partial charge on any atom is -0.390 e. The molecule has 8 heteroatoms.